The number of alkyl halides is 1. The third-order valence-corrected chi connectivity index (χ3v) is 2.68. The van der Waals surface area contributed by atoms with E-state index < -0.39 is 0 Å². The van der Waals surface area contributed by atoms with E-state index in [1.54, 1.807) is 0 Å². The van der Waals surface area contributed by atoms with E-state index in [9.17, 15) is 0 Å². The lowest BCUT2D eigenvalue weighted by atomic mass is 9.99. The molecule has 0 heterocycles. The van der Waals surface area contributed by atoms with Gasteiger partial charge in [-0.25, -0.2) is 0 Å². The second kappa shape index (κ2) is 6.17. The molecule has 0 saturated heterocycles. The van der Waals surface area contributed by atoms with Crippen LogP contribution in [0, 0.1) is 5.92 Å². The van der Waals surface area contributed by atoms with Gasteiger partial charge in [-0.15, -0.1) is 11.6 Å². The first-order chi connectivity index (χ1) is 7.08. The summed E-state index contributed by atoms with van der Waals surface area (Å²) >= 11 is 5.95. The number of hydrogen-bond donors (Lipinski definition) is 0. The monoisotopic (exact) mass is 224 g/mol. The van der Waals surface area contributed by atoms with Gasteiger partial charge in [0.05, 0.1) is 0 Å². The average Bonchev–Trinajstić information content (AvgIpc) is 2.14. The van der Waals surface area contributed by atoms with Crippen molar-refractivity contribution < 1.29 is 0 Å². The first kappa shape index (κ1) is 12.6. The number of aryl methyl sites for hydroxylation is 1. The van der Waals surface area contributed by atoms with Gasteiger partial charge in [0.15, 0.2) is 0 Å². The molecule has 0 radical (unpaired) electrons. The Kier molecular flexibility index (Phi) is 5.17. The van der Waals surface area contributed by atoms with Crippen LogP contribution in [-0.2, 0) is 12.8 Å². The summed E-state index contributed by atoms with van der Waals surface area (Å²) in [6.07, 6.45) is 3.33. The highest BCUT2D eigenvalue weighted by molar-refractivity contribution is 6.20. The van der Waals surface area contributed by atoms with E-state index in [4.69, 9.17) is 11.6 Å². The Hall–Kier alpha value is -0.490. The average molecular weight is 225 g/mol. The van der Waals surface area contributed by atoms with Crippen LogP contribution in [0.3, 0.4) is 0 Å². The van der Waals surface area contributed by atoms with Gasteiger partial charge in [0.1, 0.15) is 0 Å². The summed E-state index contributed by atoms with van der Waals surface area (Å²) in [5, 5.41) is 0.277. The summed E-state index contributed by atoms with van der Waals surface area (Å²) in [5.41, 5.74) is 2.87. The fraction of sp³-hybridized carbons (Fsp3) is 0.571. The lowest BCUT2D eigenvalue weighted by Gasteiger charge is -2.08. The molecule has 1 atom stereocenters. The molecule has 0 fully saturated rings. The van der Waals surface area contributed by atoms with Crippen molar-refractivity contribution in [3.8, 4) is 0 Å². The molecule has 1 aromatic rings. The standard InChI is InChI=1S/C14H21Cl/c1-11(2)9-14-6-4-5-13(10-14)8-7-12(3)15/h4-6,10-12H,7-9H2,1-3H3. The molecule has 1 rings (SSSR count). The largest absolute Gasteiger partial charge is 0.123 e. The Labute approximate surface area is 98.7 Å². The van der Waals surface area contributed by atoms with Crippen LogP contribution < -0.4 is 0 Å². The third-order valence-electron chi connectivity index (χ3n) is 2.47. The lowest BCUT2D eigenvalue weighted by Crippen LogP contribution is -1.97. The van der Waals surface area contributed by atoms with Gasteiger partial charge >= 0.3 is 0 Å². The molecule has 1 heteroatoms. The Balaban J connectivity index is 2.57. The zero-order valence-electron chi connectivity index (χ0n) is 9.96. The summed E-state index contributed by atoms with van der Waals surface area (Å²) in [6.45, 7) is 6.57. The van der Waals surface area contributed by atoms with Crippen LogP contribution in [0.25, 0.3) is 0 Å². The summed E-state index contributed by atoms with van der Waals surface area (Å²) in [4.78, 5) is 0. The van der Waals surface area contributed by atoms with E-state index in [1.165, 1.54) is 17.5 Å². The maximum atomic E-state index is 5.95. The fourth-order valence-electron chi connectivity index (χ4n) is 1.75. The van der Waals surface area contributed by atoms with Gasteiger partial charge in [0, 0.05) is 5.38 Å². The number of rotatable bonds is 5. The van der Waals surface area contributed by atoms with Gasteiger partial charge in [-0.1, -0.05) is 38.1 Å². The van der Waals surface area contributed by atoms with Gasteiger partial charge in [-0.05, 0) is 43.2 Å². The molecule has 84 valence electrons. The summed E-state index contributed by atoms with van der Waals surface area (Å²) in [5.74, 6) is 0.729. The van der Waals surface area contributed by atoms with Crippen molar-refractivity contribution in [3.05, 3.63) is 35.4 Å². The van der Waals surface area contributed by atoms with Gasteiger partial charge < -0.3 is 0 Å². The van der Waals surface area contributed by atoms with E-state index in [1.807, 2.05) is 0 Å². The van der Waals surface area contributed by atoms with Gasteiger partial charge in [0.2, 0.25) is 0 Å². The molecule has 0 N–H and O–H groups in total. The van der Waals surface area contributed by atoms with E-state index in [2.05, 4.69) is 45.0 Å². The van der Waals surface area contributed by atoms with Crippen molar-refractivity contribution >= 4 is 11.6 Å². The molecule has 15 heavy (non-hydrogen) atoms. The third kappa shape index (κ3) is 5.22. The minimum Gasteiger partial charge on any atom is -0.123 e. The lowest BCUT2D eigenvalue weighted by molar-refractivity contribution is 0.646. The summed E-state index contributed by atoms with van der Waals surface area (Å²) in [7, 11) is 0. The molecule has 0 aliphatic carbocycles. The molecule has 0 amide bonds. The van der Waals surface area contributed by atoms with Crippen molar-refractivity contribution in [2.45, 2.75) is 45.4 Å². The molecule has 0 spiro atoms. The van der Waals surface area contributed by atoms with Gasteiger partial charge in [-0.2, -0.15) is 0 Å². The van der Waals surface area contributed by atoms with Crippen LogP contribution in [0.2, 0.25) is 0 Å². The van der Waals surface area contributed by atoms with Crippen molar-refractivity contribution in [1.82, 2.24) is 0 Å². The topological polar surface area (TPSA) is 0 Å². The second-order valence-electron chi connectivity index (χ2n) is 4.74. The highest BCUT2D eigenvalue weighted by atomic mass is 35.5. The molecule has 1 unspecified atom stereocenters. The predicted octanol–water partition coefficient (Wildman–Crippen LogP) is 4.45. The Morgan fingerprint density at radius 2 is 1.80 bits per heavy atom. The Morgan fingerprint density at radius 3 is 2.40 bits per heavy atom. The van der Waals surface area contributed by atoms with Crippen molar-refractivity contribution in [2.24, 2.45) is 5.92 Å². The van der Waals surface area contributed by atoms with Crippen LogP contribution in [0.4, 0.5) is 0 Å². The van der Waals surface area contributed by atoms with Crippen molar-refractivity contribution in [3.63, 3.8) is 0 Å². The van der Waals surface area contributed by atoms with E-state index in [0.717, 1.165) is 18.8 Å². The quantitative estimate of drug-likeness (QED) is 0.649. The smallest absolute Gasteiger partial charge is 0.0311 e. The SMILES string of the molecule is CC(C)Cc1cccc(CCC(C)Cl)c1. The normalized spacial score (nSPS) is 13.1. The molecular formula is C14H21Cl. The highest BCUT2D eigenvalue weighted by Crippen LogP contribution is 2.13. The second-order valence-corrected chi connectivity index (χ2v) is 5.48. The number of benzene rings is 1. The van der Waals surface area contributed by atoms with Crippen LogP contribution in [0.1, 0.15) is 38.3 Å². The maximum Gasteiger partial charge on any atom is 0.0311 e. The maximum absolute atomic E-state index is 5.95. The van der Waals surface area contributed by atoms with Crippen LogP contribution in [0.5, 0.6) is 0 Å². The highest BCUT2D eigenvalue weighted by Gasteiger charge is 2.01. The first-order valence-corrected chi connectivity index (χ1v) is 6.23. The molecule has 0 bridgehead atoms. The first-order valence-electron chi connectivity index (χ1n) is 5.80. The Morgan fingerprint density at radius 1 is 1.13 bits per heavy atom. The summed E-state index contributed by atoms with van der Waals surface area (Å²) in [6, 6.07) is 8.89. The van der Waals surface area contributed by atoms with Crippen LogP contribution in [-0.4, -0.2) is 5.38 Å². The molecule has 0 saturated carbocycles. The fourth-order valence-corrected chi connectivity index (χ4v) is 1.86. The molecular weight excluding hydrogens is 204 g/mol. The van der Waals surface area contributed by atoms with E-state index in [-0.39, 0.29) is 5.38 Å². The van der Waals surface area contributed by atoms with E-state index >= 15 is 0 Å². The van der Waals surface area contributed by atoms with Crippen molar-refractivity contribution in [2.75, 3.05) is 0 Å². The van der Waals surface area contributed by atoms with Crippen LogP contribution in [0.15, 0.2) is 24.3 Å². The molecule has 0 aromatic heterocycles. The zero-order chi connectivity index (χ0) is 11.3. The Bertz CT molecular complexity index is 289. The molecule has 0 aliphatic heterocycles. The van der Waals surface area contributed by atoms with E-state index in [0.29, 0.717) is 0 Å². The number of halogens is 1. The van der Waals surface area contributed by atoms with Gasteiger partial charge in [-0.3, -0.25) is 0 Å². The predicted molar refractivity (Wildman–Crippen MR) is 68.6 cm³/mol. The number of hydrogen-bond acceptors (Lipinski definition) is 0. The van der Waals surface area contributed by atoms with Gasteiger partial charge in [0.25, 0.3) is 0 Å². The minimum atomic E-state index is 0.277. The zero-order valence-corrected chi connectivity index (χ0v) is 10.7. The molecule has 0 aliphatic rings. The summed E-state index contributed by atoms with van der Waals surface area (Å²) < 4.78 is 0. The van der Waals surface area contributed by atoms with Crippen LogP contribution >= 0.6 is 11.6 Å². The van der Waals surface area contributed by atoms with Crippen molar-refractivity contribution in [1.29, 1.82) is 0 Å². The molecule has 0 nitrogen and oxygen atoms in total. The minimum absolute atomic E-state index is 0.277. The molecule has 1 aromatic carbocycles.